The molecule has 2 aromatic carbocycles. The SMILES string of the molecule is Cc1ccc2c(c1)sc(=NC(=O)c1ccc(S(=O)(=O)N(CCCl)CCCl)cc1)n2C. The van der Waals surface area contributed by atoms with Gasteiger partial charge in [-0.05, 0) is 48.9 Å². The lowest BCUT2D eigenvalue weighted by Gasteiger charge is -2.20. The van der Waals surface area contributed by atoms with Gasteiger partial charge in [-0.15, -0.1) is 23.2 Å². The van der Waals surface area contributed by atoms with E-state index >= 15 is 0 Å². The maximum atomic E-state index is 12.8. The lowest BCUT2D eigenvalue weighted by atomic mass is 10.2. The molecule has 0 aliphatic heterocycles. The molecule has 3 rings (SSSR count). The van der Waals surface area contributed by atoms with Crippen molar-refractivity contribution in [3.05, 3.63) is 58.4 Å². The summed E-state index contributed by atoms with van der Waals surface area (Å²) in [6, 6.07) is 11.8. The second-order valence-corrected chi connectivity index (χ2v) is 10.3. The Hall–Kier alpha value is -1.71. The average molecular weight is 486 g/mol. The largest absolute Gasteiger partial charge is 0.319 e. The predicted molar refractivity (Wildman–Crippen MR) is 122 cm³/mol. The molecule has 0 atom stereocenters. The van der Waals surface area contributed by atoms with Crippen LogP contribution in [0.3, 0.4) is 0 Å². The molecule has 10 heteroatoms. The van der Waals surface area contributed by atoms with Crippen LogP contribution in [-0.2, 0) is 17.1 Å². The van der Waals surface area contributed by atoms with E-state index in [-0.39, 0.29) is 29.7 Å². The van der Waals surface area contributed by atoms with Crippen molar-refractivity contribution in [1.29, 1.82) is 0 Å². The maximum absolute atomic E-state index is 12.8. The molecule has 0 aliphatic carbocycles. The Morgan fingerprint density at radius 2 is 1.73 bits per heavy atom. The number of amides is 1. The molecular weight excluding hydrogens is 465 g/mol. The van der Waals surface area contributed by atoms with E-state index < -0.39 is 15.9 Å². The molecule has 0 radical (unpaired) electrons. The molecule has 1 heterocycles. The lowest BCUT2D eigenvalue weighted by Crippen LogP contribution is -2.34. The lowest BCUT2D eigenvalue weighted by molar-refractivity contribution is 0.0998. The van der Waals surface area contributed by atoms with Crippen molar-refractivity contribution < 1.29 is 13.2 Å². The number of thiazole rings is 1. The number of benzene rings is 2. The van der Waals surface area contributed by atoms with Gasteiger partial charge in [0, 0.05) is 37.5 Å². The second kappa shape index (κ2) is 9.62. The first-order valence-electron chi connectivity index (χ1n) is 9.15. The molecule has 0 unspecified atom stereocenters. The molecule has 0 spiro atoms. The van der Waals surface area contributed by atoms with Crippen LogP contribution in [-0.4, -0.2) is 48.0 Å². The van der Waals surface area contributed by atoms with E-state index in [2.05, 4.69) is 11.1 Å². The van der Waals surface area contributed by atoms with Crippen molar-refractivity contribution in [2.45, 2.75) is 11.8 Å². The number of nitrogens with zero attached hydrogens (tertiary/aromatic N) is 3. The van der Waals surface area contributed by atoms with Crippen LogP contribution in [0.4, 0.5) is 0 Å². The number of carbonyl (C=O) groups excluding carboxylic acids is 1. The first kappa shape index (κ1) is 23.0. The van der Waals surface area contributed by atoms with Gasteiger partial charge >= 0.3 is 0 Å². The highest BCUT2D eigenvalue weighted by Crippen LogP contribution is 2.19. The van der Waals surface area contributed by atoms with Crippen LogP contribution in [0, 0.1) is 6.92 Å². The first-order valence-corrected chi connectivity index (χ1v) is 12.5. The summed E-state index contributed by atoms with van der Waals surface area (Å²) in [6.07, 6.45) is 0. The fourth-order valence-electron chi connectivity index (χ4n) is 2.96. The molecule has 160 valence electrons. The van der Waals surface area contributed by atoms with E-state index in [0.717, 1.165) is 15.8 Å². The molecule has 6 nitrogen and oxygen atoms in total. The number of alkyl halides is 2. The number of aromatic nitrogens is 1. The van der Waals surface area contributed by atoms with Crippen LogP contribution in [0.25, 0.3) is 10.2 Å². The number of halogens is 2. The second-order valence-electron chi connectivity index (χ2n) is 6.64. The van der Waals surface area contributed by atoms with Crippen molar-refractivity contribution >= 4 is 60.7 Å². The smallest absolute Gasteiger partial charge is 0.279 e. The summed E-state index contributed by atoms with van der Waals surface area (Å²) in [7, 11) is -1.87. The molecule has 3 aromatic rings. The van der Waals surface area contributed by atoms with Crippen molar-refractivity contribution in [3.63, 3.8) is 0 Å². The molecule has 0 bridgehead atoms. The molecular formula is C20H21Cl2N3O3S2. The Bertz CT molecular complexity index is 1230. The van der Waals surface area contributed by atoms with Crippen LogP contribution in [0.5, 0.6) is 0 Å². The van der Waals surface area contributed by atoms with E-state index in [9.17, 15) is 13.2 Å². The number of fused-ring (bicyclic) bond motifs is 1. The van der Waals surface area contributed by atoms with E-state index in [4.69, 9.17) is 23.2 Å². The van der Waals surface area contributed by atoms with Gasteiger partial charge in [0.2, 0.25) is 10.0 Å². The van der Waals surface area contributed by atoms with Gasteiger partial charge in [0.05, 0.1) is 15.1 Å². The normalized spacial score (nSPS) is 12.8. The zero-order valence-corrected chi connectivity index (χ0v) is 19.7. The van der Waals surface area contributed by atoms with Crippen LogP contribution in [0.2, 0.25) is 0 Å². The van der Waals surface area contributed by atoms with E-state index in [1.807, 2.05) is 30.7 Å². The summed E-state index contributed by atoms with van der Waals surface area (Å²) < 4.78 is 29.7. The Labute approximate surface area is 189 Å². The zero-order chi connectivity index (χ0) is 21.9. The Balaban J connectivity index is 1.90. The zero-order valence-electron chi connectivity index (χ0n) is 16.5. The Morgan fingerprint density at radius 1 is 1.10 bits per heavy atom. The molecule has 0 N–H and O–H groups in total. The van der Waals surface area contributed by atoms with Gasteiger partial charge in [0.25, 0.3) is 5.91 Å². The van der Waals surface area contributed by atoms with Gasteiger partial charge in [0.1, 0.15) is 0 Å². The number of hydrogen-bond acceptors (Lipinski definition) is 4. The van der Waals surface area contributed by atoms with Crippen molar-refractivity contribution in [2.24, 2.45) is 12.0 Å². The van der Waals surface area contributed by atoms with Crippen molar-refractivity contribution in [1.82, 2.24) is 8.87 Å². The minimum Gasteiger partial charge on any atom is -0.319 e. The molecule has 0 fully saturated rings. The Kier molecular flexibility index (Phi) is 7.36. The van der Waals surface area contributed by atoms with Gasteiger partial charge in [-0.2, -0.15) is 9.30 Å². The van der Waals surface area contributed by atoms with Crippen LogP contribution in [0.1, 0.15) is 15.9 Å². The quantitative estimate of drug-likeness (QED) is 0.478. The summed E-state index contributed by atoms with van der Waals surface area (Å²) in [5, 5.41) is 0. The highest BCUT2D eigenvalue weighted by molar-refractivity contribution is 7.89. The monoisotopic (exact) mass is 485 g/mol. The third kappa shape index (κ3) is 4.78. The number of carbonyl (C=O) groups is 1. The molecule has 1 aromatic heterocycles. The summed E-state index contributed by atoms with van der Waals surface area (Å²) >= 11 is 12.9. The van der Waals surface area contributed by atoms with Gasteiger partial charge < -0.3 is 4.57 Å². The summed E-state index contributed by atoms with van der Waals surface area (Å²) in [4.78, 5) is 17.5. The van der Waals surface area contributed by atoms with Crippen molar-refractivity contribution in [3.8, 4) is 0 Å². The molecule has 0 aliphatic rings. The third-order valence-corrected chi connectivity index (χ3v) is 7.91. The third-order valence-electron chi connectivity index (χ3n) is 4.57. The fourth-order valence-corrected chi connectivity index (χ4v) is 6.12. The maximum Gasteiger partial charge on any atom is 0.279 e. The van der Waals surface area contributed by atoms with E-state index in [1.54, 1.807) is 0 Å². The molecule has 30 heavy (non-hydrogen) atoms. The summed E-state index contributed by atoms with van der Waals surface area (Å²) in [5.74, 6) is -0.106. The van der Waals surface area contributed by atoms with Gasteiger partial charge in [-0.25, -0.2) is 8.42 Å². The van der Waals surface area contributed by atoms with Crippen LogP contribution in [0.15, 0.2) is 52.4 Å². The summed E-state index contributed by atoms with van der Waals surface area (Å²) in [6.45, 7) is 2.33. The van der Waals surface area contributed by atoms with Crippen molar-refractivity contribution in [2.75, 3.05) is 24.8 Å². The molecule has 0 saturated heterocycles. The van der Waals surface area contributed by atoms with Crippen LogP contribution >= 0.6 is 34.5 Å². The van der Waals surface area contributed by atoms with Gasteiger partial charge in [0.15, 0.2) is 4.80 Å². The first-order chi connectivity index (χ1) is 14.3. The van der Waals surface area contributed by atoms with Gasteiger partial charge in [-0.3, -0.25) is 4.79 Å². The highest BCUT2D eigenvalue weighted by atomic mass is 35.5. The standard InChI is InChI=1S/C20H21Cl2N3O3S2/c1-14-3-8-17-18(13-14)29-20(24(17)2)23-19(26)15-4-6-16(7-5-15)30(27,28)25(11-9-21)12-10-22/h3-8,13H,9-12H2,1-2H3. The molecule has 0 saturated carbocycles. The van der Waals surface area contributed by atoms with Crippen LogP contribution < -0.4 is 4.80 Å². The fraction of sp³-hybridized carbons (Fsp3) is 0.300. The number of sulfonamides is 1. The topological polar surface area (TPSA) is 71.7 Å². The van der Waals surface area contributed by atoms with E-state index in [1.165, 1.54) is 39.9 Å². The number of aryl methyl sites for hydroxylation is 2. The average Bonchev–Trinajstić information content (AvgIpc) is 3.02. The predicted octanol–water partition coefficient (Wildman–Crippen LogP) is 3.76. The highest BCUT2D eigenvalue weighted by Gasteiger charge is 2.23. The number of rotatable bonds is 7. The number of hydrogen-bond donors (Lipinski definition) is 0. The Morgan fingerprint density at radius 3 is 2.33 bits per heavy atom. The minimum absolute atomic E-state index is 0.0807. The van der Waals surface area contributed by atoms with E-state index in [0.29, 0.717) is 10.4 Å². The summed E-state index contributed by atoms with van der Waals surface area (Å²) in [5.41, 5.74) is 2.44. The molecule has 1 amide bonds. The van der Waals surface area contributed by atoms with Gasteiger partial charge in [-0.1, -0.05) is 17.4 Å². The minimum atomic E-state index is -3.73.